The summed E-state index contributed by atoms with van der Waals surface area (Å²) in [5, 5.41) is 19.8. The number of aliphatic hydroxyl groups is 1. The first-order chi connectivity index (χ1) is 9.93. The average molecular weight is 297 g/mol. The number of carboxylic acid groups (broad SMARTS) is 1. The van der Waals surface area contributed by atoms with Crippen LogP contribution in [0, 0.1) is 11.8 Å². The van der Waals surface area contributed by atoms with Crippen molar-refractivity contribution in [2.24, 2.45) is 11.8 Å². The molecule has 2 rings (SSSR count). The van der Waals surface area contributed by atoms with Crippen LogP contribution < -0.4 is 0 Å². The fourth-order valence-corrected chi connectivity index (χ4v) is 4.15. The first kappa shape index (κ1) is 16.8. The first-order valence-electron chi connectivity index (χ1n) is 8.59. The third-order valence-electron chi connectivity index (χ3n) is 5.83. The summed E-state index contributed by atoms with van der Waals surface area (Å²) >= 11 is 0. The molecule has 2 N–H and O–H groups in total. The summed E-state index contributed by atoms with van der Waals surface area (Å²) in [7, 11) is 2.12. The smallest absolute Gasteiger partial charge is 0.306 e. The molecule has 0 unspecified atom stereocenters. The molecule has 0 saturated heterocycles. The Balaban J connectivity index is 1.80. The second kappa shape index (κ2) is 7.10. The molecule has 2 aliphatic rings. The molecule has 0 bridgehead atoms. The van der Waals surface area contributed by atoms with Crippen molar-refractivity contribution in [3.05, 3.63) is 0 Å². The van der Waals surface area contributed by atoms with Gasteiger partial charge in [0.05, 0.1) is 11.5 Å². The zero-order valence-corrected chi connectivity index (χ0v) is 13.6. The number of nitrogens with zero attached hydrogens (tertiary/aromatic N) is 1. The fourth-order valence-electron chi connectivity index (χ4n) is 4.15. The summed E-state index contributed by atoms with van der Waals surface area (Å²) in [5.74, 6) is -0.0670. The van der Waals surface area contributed by atoms with Crippen LogP contribution in [-0.4, -0.2) is 46.3 Å². The molecule has 0 aromatic carbocycles. The SMILES string of the molecule is CCC1CCC(N(C)CC2(O)CCC(C(=O)O)CC2)CC1. The fraction of sp³-hybridized carbons (Fsp3) is 0.941. The third-order valence-corrected chi connectivity index (χ3v) is 5.83. The van der Waals surface area contributed by atoms with Crippen LogP contribution in [0.15, 0.2) is 0 Å². The van der Waals surface area contributed by atoms with E-state index in [-0.39, 0.29) is 5.92 Å². The van der Waals surface area contributed by atoms with Crippen molar-refractivity contribution in [1.29, 1.82) is 0 Å². The van der Waals surface area contributed by atoms with Crippen LogP contribution in [0.25, 0.3) is 0 Å². The lowest BCUT2D eigenvalue weighted by Crippen LogP contribution is -2.48. The lowest BCUT2D eigenvalue weighted by Gasteiger charge is -2.41. The Morgan fingerprint density at radius 3 is 2.19 bits per heavy atom. The molecule has 0 aromatic heterocycles. The van der Waals surface area contributed by atoms with E-state index in [4.69, 9.17) is 5.11 Å². The van der Waals surface area contributed by atoms with Gasteiger partial charge >= 0.3 is 5.97 Å². The number of carboxylic acids is 1. The molecule has 2 fully saturated rings. The number of carbonyl (C=O) groups is 1. The molecule has 0 aliphatic heterocycles. The number of aliphatic carboxylic acids is 1. The van der Waals surface area contributed by atoms with Gasteiger partial charge in [-0.1, -0.05) is 13.3 Å². The van der Waals surface area contributed by atoms with Gasteiger partial charge in [-0.3, -0.25) is 4.79 Å². The van der Waals surface area contributed by atoms with Gasteiger partial charge in [-0.15, -0.1) is 0 Å². The van der Waals surface area contributed by atoms with Crippen molar-refractivity contribution in [2.45, 2.75) is 76.4 Å². The molecule has 0 atom stereocenters. The number of likely N-dealkylation sites (N-methyl/N-ethyl adjacent to an activating group) is 1. The highest BCUT2D eigenvalue weighted by atomic mass is 16.4. The van der Waals surface area contributed by atoms with Gasteiger partial charge in [-0.2, -0.15) is 0 Å². The number of hydrogen-bond acceptors (Lipinski definition) is 3. The van der Waals surface area contributed by atoms with Gasteiger partial charge in [-0.05, 0) is 64.3 Å². The predicted octanol–water partition coefficient (Wildman–Crippen LogP) is 2.89. The highest BCUT2D eigenvalue weighted by Gasteiger charge is 2.37. The van der Waals surface area contributed by atoms with E-state index in [2.05, 4.69) is 18.9 Å². The van der Waals surface area contributed by atoms with E-state index in [0.29, 0.717) is 38.3 Å². The summed E-state index contributed by atoms with van der Waals surface area (Å²) in [4.78, 5) is 13.3. The molecular formula is C17H31NO3. The minimum Gasteiger partial charge on any atom is -0.481 e. The molecule has 122 valence electrons. The molecule has 0 aromatic rings. The monoisotopic (exact) mass is 297 g/mol. The van der Waals surface area contributed by atoms with Gasteiger partial charge in [0.2, 0.25) is 0 Å². The second-order valence-corrected chi connectivity index (χ2v) is 7.33. The van der Waals surface area contributed by atoms with E-state index < -0.39 is 11.6 Å². The zero-order chi connectivity index (χ0) is 15.5. The topological polar surface area (TPSA) is 60.8 Å². The third kappa shape index (κ3) is 4.43. The molecule has 0 spiro atoms. The van der Waals surface area contributed by atoms with Gasteiger partial charge < -0.3 is 15.1 Å². The molecule has 2 saturated carbocycles. The number of hydrogen-bond donors (Lipinski definition) is 2. The normalized spacial score (nSPS) is 37.6. The van der Waals surface area contributed by atoms with E-state index in [1.54, 1.807) is 0 Å². The molecule has 0 amide bonds. The van der Waals surface area contributed by atoms with Crippen LogP contribution in [0.3, 0.4) is 0 Å². The average Bonchev–Trinajstić information content (AvgIpc) is 2.47. The predicted molar refractivity (Wildman–Crippen MR) is 83.2 cm³/mol. The van der Waals surface area contributed by atoms with E-state index in [0.717, 1.165) is 5.92 Å². The van der Waals surface area contributed by atoms with E-state index in [1.165, 1.54) is 32.1 Å². The highest BCUT2D eigenvalue weighted by Crippen LogP contribution is 2.35. The molecule has 0 radical (unpaired) electrons. The van der Waals surface area contributed by atoms with E-state index >= 15 is 0 Å². The largest absolute Gasteiger partial charge is 0.481 e. The van der Waals surface area contributed by atoms with Crippen molar-refractivity contribution in [2.75, 3.05) is 13.6 Å². The van der Waals surface area contributed by atoms with Gasteiger partial charge in [0.15, 0.2) is 0 Å². The maximum absolute atomic E-state index is 11.0. The Morgan fingerprint density at radius 1 is 1.14 bits per heavy atom. The molecular weight excluding hydrogens is 266 g/mol. The van der Waals surface area contributed by atoms with Gasteiger partial charge in [-0.25, -0.2) is 0 Å². The maximum atomic E-state index is 11.0. The Morgan fingerprint density at radius 2 is 1.71 bits per heavy atom. The van der Waals surface area contributed by atoms with Crippen LogP contribution in [0.5, 0.6) is 0 Å². The summed E-state index contributed by atoms with van der Waals surface area (Å²) in [6, 6.07) is 0.592. The second-order valence-electron chi connectivity index (χ2n) is 7.33. The lowest BCUT2D eigenvalue weighted by molar-refractivity contribution is -0.145. The standard InChI is InChI=1S/C17H31NO3/c1-3-13-4-6-15(7-5-13)18(2)12-17(21)10-8-14(9-11-17)16(19)20/h13-15,21H,3-12H2,1-2H3,(H,19,20). The van der Waals surface area contributed by atoms with E-state index in [1.807, 2.05) is 0 Å². The Hall–Kier alpha value is -0.610. The van der Waals surface area contributed by atoms with Gasteiger partial charge in [0.25, 0.3) is 0 Å². The lowest BCUT2D eigenvalue weighted by atomic mass is 9.78. The zero-order valence-electron chi connectivity index (χ0n) is 13.6. The highest BCUT2D eigenvalue weighted by molar-refractivity contribution is 5.70. The molecule has 0 heterocycles. The first-order valence-corrected chi connectivity index (χ1v) is 8.59. The molecule has 4 heteroatoms. The minimum absolute atomic E-state index is 0.254. The van der Waals surface area contributed by atoms with Crippen molar-refractivity contribution in [3.8, 4) is 0 Å². The van der Waals surface area contributed by atoms with Crippen molar-refractivity contribution < 1.29 is 15.0 Å². The van der Waals surface area contributed by atoms with Crippen LogP contribution in [-0.2, 0) is 4.79 Å². The quantitative estimate of drug-likeness (QED) is 0.819. The van der Waals surface area contributed by atoms with Crippen LogP contribution >= 0.6 is 0 Å². The van der Waals surface area contributed by atoms with Crippen LogP contribution in [0.2, 0.25) is 0 Å². The van der Waals surface area contributed by atoms with Crippen molar-refractivity contribution in [1.82, 2.24) is 4.90 Å². The van der Waals surface area contributed by atoms with Crippen molar-refractivity contribution in [3.63, 3.8) is 0 Å². The Kier molecular flexibility index (Phi) is 5.67. The molecule has 2 aliphatic carbocycles. The number of rotatable bonds is 5. The summed E-state index contributed by atoms with van der Waals surface area (Å²) in [5.41, 5.74) is -0.678. The van der Waals surface area contributed by atoms with Gasteiger partial charge in [0, 0.05) is 12.6 Å². The van der Waals surface area contributed by atoms with Crippen molar-refractivity contribution >= 4 is 5.97 Å². The van der Waals surface area contributed by atoms with Crippen LogP contribution in [0.4, 0.5) is 0 Å². The molecule has 21 heavy (non-hydrogen) atoms. The Bertz CT molecular complexity index is 342. The minimum atomic E-state index is -0.705. The Labute approximate surface area is 128 Å². The maximum Gasteiger partial charge on any atom is 0.306 e. The van der Waals surface area contributed by atoms with Gasteiger partial charge in [0.1, 0.15) is 0 Å². The van der Waals surface area contributed by atoms with Crippen LogP contribution in [0.1, 0.15) is 64.7 Å². The van der Waals surface area contributed by atoms with E-state index in [9.17, 15) is 9.90 Å². The summed E-state index contributed by atoms with van der Waals surface area (Å²) in [6.07, 6.45) is 8.86. The summed E-state index contributed by atoms with van der Waals surface area (Å²) in [6.45, 7) is 2.97. The molecule has 4 nitrogen and oxygen atoms in total. The summed E-state index contributed by atoms with van der Waals surface area (Å²) < 4.78 is 0.